The van der Waals surface area contributed by atoms with Crippen LogP contribution in [-0.2, 0) is 16.3 Å². The largest absolute Gasteiger partial charge is 0.229 e. The van der Waals surface area contributed by atoms with Crippen molar-refractivity contribution in [2.45, 2.75) is 45.4 Å². The van der Waals surface area contributed by atoms with Crippen molar-refractivity contribution >= 4 is 9.84 Å². The van der Waals surface area contributed by atoms with E-state index in [0.29, 0.717) is 18.1 Å². The highest BCUT2D eigenvalue weighted by Crippen LogP contribution is 2.38. The molecule has 2 heterocycles. The molecule has 0 N–H and O–H groups in total. The zero-order chi connectivity index (χ0) is 16.9. The van der Waals surface area contributed by atoms with Crippen LogP contribution in [0.4, 0.5) is 0 Å². The summed E-state index contributed by atoms with van der Waals surface area (Å²) in [6.07, 6.45) is 3.75. The van der Waals surface area contributed by atoms with E-state index in [1.807, 2.05) is 4.68 Å². The van der Waals surface area contributed by atoms with E-state index in [0.717, 1.165) is 36.6 Å². The molecule has 24 heavy (non-hydrogen) atoms. The zero-order valence-corrected chi connectivity index (χ0v) is 15.0. The van der Waals surface area contributed by atoms with Crippen LogP contribution in [0.3, 0.4) is 0 Å². The summed E-state index contributed by atoms with van der Waals surface area (Å²) in [5, 5.41) is 4.75. The molecule has 1 aliphatic carbocycles. The molecule has 1 saturated carbocycles. The van der Waals surface area contributed by atoms with Crippen molar-refractivity contribution in [3.63, 3.8) is 0 Å². The second-order valence-corrected chi connectivity index (χ2v) is 9.54. The van der Waals surface area contributed by atoms with Gasteiger partial charge in [0, 0.05) is 12.3 Å². The van der Waals surface area contributed by atoms with Gasteiger partial charge in [-0.15, -0.1) is 0 Å². The Bertz CT molecular complexity index is 882. The monoisotopic (exact) mass is 345 g/mol. The van der Waals surface area contributed by atoms with E-state index in [1.54, 1.807) is 0 Å². The standard InChI is InChI=1S/C18H23N3O2S/c1-12-3-6-16(9-13(12)2)21-17(19-18(20-21)15-4-5-15)10-14-7-8-24(22,23)11-14/h3,6,9,14-15H,4-5,7-8,10-11H2,1-2H3/t14-/m1/s1. The first-order chi connectivity index (χ1) is 11.4. The Labute approximate surface area is 143 Å². The molecule has 5 nitrogen and oxygen atoms in total. The molecular weight excluding hydrogens is 322 g/mol. The molecule has 1 aromatic carbocycles. The van der Waals surface area contributed by atoms with E-state index >= 15 is 0 Å². The Morgan fingerprint density at radius 1 is 1.17 bits per heavy atom. The lowest BCUT2D eigenvalue weighted by Crippen LogP contribution is -2.12. The fourth-order valence-electron chi connectivity index (χ4n) is 3.36. The fourth-order valence-corrected chi connectivity index (χ4v) is 5.23. The molecule has 1 aromatic heterocycles. The minimum Gasteiger partial charge on any atom is -0.229 e. The maximum atomic E-state index is 11.7. The molecule has 0 radical (unpaired) electrons. The lowest BCUT2D eigenvalue weighted by Gasteiger charge is -2.10. The fraction of sp³-hybridized carbons (Fsp3) is 0.556. The number of hydrogen-bond acceptors (Lipinski definition) is 4. The van der Waals surface area contributed by atoms with E-state index in [4.69, 9.17) is 10.1 Å². The van der Waals surface area contributed by atoms with Crippen LogP contribution in [0.25, 0.3) is 5.69 Å². The van der Waals surface area contributed by atoms with Crippen molar-refractivity contribution in [1.82, 2.24) is 14.8 Å². The van der Waals surface area contributed by atoms with Crippen LogP contribution in [0.15, 0.2) is 18.2 Å². The quantitative estimate of drug-likeness (QED) is 0.855. The minimum absolute atomic E-state index is 0.163. The van der Waals surface area contributed by atoms with E-state index in [-0.39, 0.29) is 11.7 Å². The van der Waals surface area contributed by atoms with Gasteiger partial charge in [-0.2, -0.15) is 5.10 Å². The molecular formula is C18H23N3O2S. The molecule has 0 bridgehead atoms. The van der Waals surface area contributed by atoms with Crippen LogP contribution in [0.2, 0.25) is 0 Å². The van der Waals surface area contributed by atoms with Gasteiger partial charge < -0.3 is 0 Å². The summed E-state index contributed by atoms with van der Waals surface area (Å²) in [5.74, 6) is 3.07. The van der Waals surface area contributed by atoms with Crippen LogP contribution >= 0.6 is 0 Å². The first-order valence-electron chi connectivity index (χ1n) is 8.65. The molecule has 1 saturated heterocycles. The number of sulfone groups is 1. The normalized spacial score (nSPS) is 22.8. The van der Waals surface area contributed by atoms with Gasteiger partial charge in [0.25, 0.3) is 0 Å². The molecule has 128 valence electrons. The van der Waals surface area contributed by atoms with Crippen molar-refractivity contribution in [3.8, 4) is 5.69 Å². The molecule has 6 heteroatoms. The van der Waals surface area contributed by atoms with Gasteiger partial charge in [-0.1, -0.05) is 6.07 Å². The summed E-state index contributed by atoms with van der Waals surface area (Å²) in [6, 6.07) is 6.31. The van der Waals surface area contributed by atoms with Gasteiger partial charge in [-0.3, -0.25) is 0 Å². The summed E-state index contributed by atoms with van der Waals surface area (Å²) in [4.78, 5) is 4.77. The maximum absolute atomic E-state index is 11.7. The van der Waals surface area contributed by atoms with Crippen molar-refractivity contribution < 1.29 is 8.42 Å². The predicted molar refractivity (Wildman–Crippen MR) is 93.3 cm³/mol. The Hall–Kier alpha value is -1.69. The first-order valence-corrected chi connectivity index (χ1v) is 10.5. The molecule has 2 aromatic rings. The van der Waals surface area contributed by atoms with Crippen molar-refractivity contribution in [2.75, 3.05) is 11.5 Å². The van der Waals surface area contributed by atoms with E-state index in [1.165, 1.54) is 11.1 Å². The zero-order valence-electron chi connectivity index (χ0n) is 14.2. The first kappa shape index (κ1) is 15.8. The molecule has 1 aliphatic heterocycles. The van der Waals surface area contributed by atoms with Gasteiger partial charge in [-0.25, -0.2) is 18.1 Å². The average Bonchev–Trinajstić information content (AvgIpc) is 3.21. The summed E-state index contributed by atoms with van der Waals surface area (Å²) < 4.78 is 25.4. The van der Waals surface area contributed by atoms with Crippen LogP contribution in [0, 0.1) is 19.8 Å². The second kappa shape index (κ2) is 5.69. The average molecular weight is 345 g/mol. The minimum atomic E-state index is -2.86. The Balaban J connectivity index is 1.68. The van der Waals surface area contributed by atoms with Gasteiger partial charge in [0.05, 0.1) is 17.2 Å². The second-order valence-electron chi connectivity index (χ2n) is 7.31. The van der Waals surface area contributed by atoms with Crippen LogP contribution in [0.5, 0.6) is 0 Å². The Morgan fingerprint density at radius 2 is 1.96 bits per heavy atom. The van der Waals surface area contributed by atoms with Crippen LogP contribution in [-0.4, -0.2) is 34.7 Å². The molecule has 2 aliphatic rings. The smallest absolute Gasteiger partial charge is 0.154 e. The highest BCUT2D eigenvalue weighted by atomic mass is 32.2. The van der Waals surface area contributed by atoms with E-state index in [2.05, 4.69) is 32.0 Å². The number of nitrogens with zero attached hydrogens (tertiary/aromatic N) is 3. The van der Waals surface area contributed by atoms with Crippen molar-refractivity contribution in [3.05, 3.63) is 41.0 Å². The topological polar surface area (TPSA) is 64.8 Å². The highest BCUT2D eigenvalue weighted by molar-refractivity contribution is 7.91. The molecule has 0 spiro atoms. The SMILES string of the molecule is Cc1ccc(-n2nc(C3CC3)nc2C[C@H]2CCS(=O)(=O)C2)cc1C. The molecule has 0 unspecified atom stereocenters. The summed E-state index contributed by atoms with van der Waals surface area (Å²) in [5.41, 5.74) is 3.50. The lowest BCUT2D eigenvalue weighted by atomic mass is 10.0. The predicted octanol–water partition coefficient (Wildman–Crippen LogP) is 2.74. The summed E-state index contributed by atoms with van der Waals surface area (Å²) >= 11 is 0. The van der Waals surface area contributed by atoms with Gasteiger partial charge in [0.1, 0.15) is 5.82 Å². The lowest BCUT2D eigenvalue weighted by molar-refractivity contribution is 0.559. The maximum Gasteiger partial charge on any atom is 0.154 e. The van der Waals surface area contributed by atoms with Gasteiger partial charge in [0.15, 0.2) is 15.7 Å². The van der Waals surface area contributed by atoms with Gasteiger partial charge in [-0.05, 0) is 62.3 Å². The van der Waals surface area contributed by atoms with Gasteiger partial charge in [0.2, 0.25) is 0 Å². The van der Waals surface area contributed by atoms with Crippen molar-refractivity contribution in [1.29, 1.82) is 0 Å². The number of hydrogen-bond donors (Lipinski definition) is 0. The molecule has 1 atom stereocenters. The Morgan fingerprint density at radius 3 is 2.58 bits per heavy atom. The van der Waals surface area contributed by atoms with Crippen molar-refractivity contribution in [2.24, 2.45) is 5.92 Å². The number of rotatable bonds is 4. The molecule has 0 amide bonds. The molecule has 4 rings (SSSR count). The van der Waals surface area contributed by atoms with Crippen LogP contribution < -0.4 is 0 Å². The van der Waals surface area contributed by atoms with E-state index in [9.17, 15) is 8.42 Å². The van der Waals surface area contributed by atoms with Crippen LogP contribution in [0.1, 0.15) is 48.0 Å². The third-order valence-electron chi connectivity index (χ3n) is 5.17. The summed E-state index contributed by atoms with van der Waals surface area (Å²) in [6.45, 7) is 4.20. The number of benzene rings is 1. The third-order valence-corrected chi connectivity index (χ3v) is 7.00. The molecule has 2 fully saturated rings. The highest BCUT2D eigenvalue weighted by Gasteiger charge is 2.32. The van der Waals surface area contributed by atoms with E-state index < -0.39 is 9.84 Å². The number of aromatic nitrogens is 3. The number of aryl methyl sites for hydroxylation is 2. The Kier molecular flexibility index (Phi) is 3.75. The van der Waals surface area contributed by atoms with Gasteiger partial charge >= 0.3 is 0 Å². The third kappa shape index (κ3) is 3.11. The summed E-state index contributed by atoms with van der Waals surface area (Å²) in [7, 11) is -2.86.